The summed E-state index contributed by atoms with van der Waals surface area (Å²) in [6.07, 6.45) is 4.60. The van der Waals surface area contributed by atoms with Gasteiger partial charge in [0.05, 0.1) is 10.0 Å². The van der Waals surface area contributed by atoms with Gasteiger partial charge in [-0.1, -0.05) is 42.2 Å². The minimum Gasteiger partial charge on any atom is -0.477 e. The van der Waals surface area contributed by atoms with Crippen LogP contribution in [0.4, 0.5) is 0 Å². The van der Waals surface area contributed by atoms with Gasteiger partial charge in [0.2, 0.25) is 0 Å². The summed E-state index contributed by atoms with van der Waals surface area (Å²) in [6.45, 7) is 4.00. The van der Waals surface area contributed by atoms with E-state index >= 15 is 0 Å². The molecule has 1 saturated carbocycles. The third kappa shape index (κ3) is 3.04. The first-order chi connectivity index (χ1) is 10.1. The van der Waals surface area contributed by atoms with Gasteiger partial charge in [-0.2, -0.15) is 0 Å². The van der Waals surface area contributed by atoms with E-state index in [1.165, 1.54) is 12.4 Å². The van der Waals surface area contributed by atoms with Crippen molar-refractivity contribution in [1.82, 2.24) is 10.1 Å². The Kier molecular flexibility index (Phi) is 4.85. The highest BCUT2D eigenvalue weighted by Gasteiger charge is 2.36. The van der Waals surface area contributed by atoms with Gasteiger partial charge < -0.3 is 9.63 Å². The zero-order chi connectivity index (χ0) is 15.6. The SMILES string of the molecule is CC.O=C(O)c1c(-c2c(Cl)cncc2Cl)noc1C1CC1. The fraction of sp³-hybridized carbons (Fsp3) is 0.357. The van der Waals surface area contributed by atoms with Crippen LogP contribution in [0.1, 0.15) is 48.7 Å². The predicted molar refractivity (Wildman–Crippen MR) is 80.0 cm³/mol. The molecule has 2 aromatic heterocycles. The smallest absolute Gasteiger partial charge is 0.341 e. The molecule has 5 nitrogen and oxygen atoms in total. The molecule has 0 atom stereocenters. The molecule has 0 amide bonds. The van der Waals surface area contributed by atoms with Crippen LogP contribution in [0.3, 0.4) is 0 Å². The van der Waals surface area contributed by atoms with Crippen LogP contribution in [0.5, 0.6) is 0 Å². The van der Waals surface area contributed by atoms with Crippen LogP contribution in [0.2, 0.25) is 10.0 Å². The number of aromatic carboxylic acids is 1. The molecule has 21 heavy (non-hydrogen) atoms. The van der Waals surface area contributed by atoms with Crippen molar-refractivity contribution in [3.8, 4) is 11.3 Å². The Morgan fingerprint density at radius 1 is 1.29 bits per heavy atom. The van der Waals surface area contributed by atoms with Crippen molar-refractivity contribution in [3.63, 3.8) is 0 Å². The molecule has 7 heteroatoms. The van der Waals surface area contributed by atoms with Gasteiger partial charge >= 0.3 is 5.97 Å². The number of hydrogen-bond donors (Lipinski definition) is 1. The van der Waals surface area contributed by atoms with E-state index in [1.54, 1.807) is 0 Å². The van der Waals surface area contributed by atoms with Crippen LogP contribution in [0.15, 0.2) is 16.9 Å². The molecule has 0 aliphatic heterocycles. The summed E-state index contributed by atoms with van der Waals surface area (Å²) in [5.41, 5.74) is 0.538. The first-order valence-corrected chi connectivity index (χ1v) is 7.37. The predicted octanol–water partition coefficient (Wildman–Crippen LogP) is 4.65. The highest BCUT2D eigenvalue weighted by molar-refractivity contribution is 6.39. The van der Waals surface area contributed by atoms with E-state index in [0.29, 0.717) is 11.3 Å². The molecule has 1 fully saturated rings. The van der Waals surface area contributed by atoms with Crippen LogP contribution < -0.4 is 0 Å². The molecule has 0 aromatic carbocycles. The Hall–Kier alpha value is -1.59. The number of nitrogens with zero attached hydrogens (tertiary/aromatic N) is 2. The quantitative estimate of drug-likeness (QED) is 0.887. The molecule has 0 spiro atoms. The summed E-state index contributed by atoms with van der Waals surface area (Å²) in [5, 5.41) is 13.7. The number of carbonyl (C=O) groups is 1. The second kappa shape index (κ2) is 6.45. The first kappa shape index (κ1) is 15.8. The number of halogens is 2. The second-order valence-electron chi connectivity index (χ2n) is 4.33. The molecule has 1 aliphatic rings. The monoisotopic (exact) mass is 328 g/mol. The van der Waals surface area contributed by atoms with Crippen molar-refractivity contribution in [2.75, 3.05) is 0 Å². The normalized spacial score (nSPS) is 13.5. The largest absolute Gasteiger partial charge is 0.477 e. The van der Waals surface area contributed by atoms with E-state index in [9.17, 15) is 9.90 Å². The van der Waals surface area contributed by atoms with Gasteiger partial charge in [-0.15, -0.1) is 0 Å². The number of rotatable bonds is 3. The van der Waals surface area contributed by atoms with E-state index < -0.39 is 5.97 Å². The number of aromatic nitrogens is 2. The standard InChI is InChI=1S/C12H8Cl2N2O3.C2H6/c13-6-3-15-4-7(14)8(6)10-9(12(17)18)11(19-16-10)5-1-2-5;1-2/h3-5H,1-2H2,(H,17,18);1-2H3. The van der Waals surface area contributed by atoms with Gasteiger partial charge in [0, 0.05) is 23.9 Å². The summed E-state index contributed by atoms with van der Waals surface area (Å²) in [5.74, 6) is -0.569. The lowest BCUT2D eigenvalue weighted by molar-refractivity contribution is 0.0695. The van der Waals surface area contributed by atoms with Crippen molar-refractivity contribution in [1.29, 1.82) is 0 Å². The van der Waals surface area contributed by atoms with Crippen LogP contribution in [0.25, 0.3) is 11.3 Å². The Morgan fingerprint density at radius 2 is 1.86 bits per heavy atom. The van der Waals surface area contributed by atoms with Crippen molar-refractivity contribution < 1.29 is 14.4 Å². The third-order valence-corrected chi connectivity index (χ3v) is 3.54. The molecule has 0 saturated heterocycles. The van der Waals surface area contributed by atoms with Gasteiger partial charge in [0.25, 0.3) is 0 Å². The Balaban J connectivity index is 0.000000774. The van der Waals surface area contributed by atoms with E-state index in [2.05, 4.69) is 10.1 Å². The third-order valence-electron chi connectivity index (χ3n) is 2.97. The van der Waals surface area contributed by atoms with Gasteiger partial charge in [-0.25, -0.2) is 4.79 Å². The summed E-state index contributed by atoms with van der Waals surface area (Å²) in [4.78, 5) is 15.3. The molecular weight excluding hydrogens is 315 g/mol. The number of carboxylic acids is 1. The Bertz CT molecular complexity index is 646. The molecular formula is C14H14Cl2N2O3. The lowest BCUT2D eigenvalue weighted by Crippen LogP contribution is -2.01. The molecule has 1 N–H and O–H groups in total. The molecule has 0 radical (unpaired) electrons. The number of pyridine rings is 1. The lowest BCUT2D eigenvalue weighted by Gasteiger charge is -2.03. The van der Waals surface area contributed by atoms with Gasteiger partial charge in [-0.3, -0.25) is 4.98 Å². The van der Waals surface area contributed by atoms with Gasteiger partial charge in [-0.05, 0) is 12.8 Å². The molecule has 0 bridgehead atoms. The summed E-state index contributed by atoms with van der Waals surface area (Å²) in [6, 6.07) is 0. The fourth-order valence-corrected chi connectivity index (χ4v) is 2.49. The minimum atomic E-state index is -1.10. The zero-order valence-electron chi connectivity index (χ0n) is 11.6. The molecule has 2 heterocycles. The molecule has 2 aromatic rings. The van der Waals surface area contributed by atoms with Crippen molar-refractivity contribution in [2.45, 2.75) is 32.6 Å². The Labute approximate surface area is 131 Å². The van der Waals surface area contributed by atoms with Crippen molar-refractivity contribution in [2.24, 2.45) is 0 Å². The maximum atomic E-state index is 11.4. The average molecular weight is 329 g/mol. The molecule has 112 valence electrons. The summed E-state index contributed by atoms with van der Waals surface area (Å²) >= 11 is 12.0. The molecule has 0 unspecified atom stereocenters. The Morgan fingerprint density at radius 3 is 2.33 bits per heavy atom. The van der Waals surface area contributed by atoms with Crippen LogP contribution in [-0.2, 0) is 0 Å². The maximum absolute atomic E-state index is 11.4. The highest BCUT2D eigenvalue weighted by atomic mass is 35.5. The van der Waals surface area contributed by atoms with E-state index in [-0.39, 0.29) is 27.2 Å². The van der Waals surface area contributed by atoms with Crippen LogP contribution >= 0.6 is 23.2 Å². The lowest BCUT2D eigenvalue weighted by atomic mass is 10.1. The van der Waals surface area contributed by atoms with E-state index in [4.69, 9.17) is 27.7 Å². The fourth-order valence-electron chi connectivity index (χ4n) is 1.94. The van der Waals surface area contributed by atoms with Gasteiger partial charge in [0.15, 0.2) is 5.76 Å². The highest BCUT2D eigenvalue weighted by Crippen LogP contribution is 2.45. The van der Waals surface area contributed by atoms with Crippen LogP contribution in [-0.4, -0.2) is 21.2 Å². The molecule has 3 rings (SSSR count). The number of hydrogen-bond acceptors (Lipinski definition) is 4. The van der Waals surface area contributed by atoms with Gasteiger partial charge in [0.1, 0.15) is 11.3 Å². The minimum absolute atomic E-state index is 0.0394. The summed E-state index contributed by atoms with van der Waals surface area (Å²) < 4.78 is 5.18. The topological polar surface area (TPSA) is 76.2 Å². The molecule has 1 aliphatic carbocycles. The van der Waals surface area contributed by atoms with Crippen molar-refractivity contribution >= 4 is 29.2 Å². The second-order valence-corrected chi connectivity index (χ2v) is 5.14. The van der Waals surface area contributed by atoms with E-state index in [1.807, 2.05) is 13.8 Å². The van der Waals surface area contributed by atoms with E-state index in [0.717, 1.165) is 12.8 Å². The maximum Gasteiger partial charge on any atom is 0.341 e. The first-order valence-electron chi connectivity index (χ1n) is 6.61. The van der Waals surface area contributed by atoms with Crippen molar-refractivity contribution in [3.05, 3.63) is 33.8 Å². The average Bonchev–Trinajstić information content (AvgIpc) is 3.21. The van der Waals surface area contributed by atoms with Crippen LogP contribution in [0, 0.1) is 0 Å². The zero-order valence-corrected chi connectivity index (χ0v) is 13.1. The number of carboxylic acid groups (broad SMARTS) is 1. The summed E-state index contributed by atoms with van der Waals surface area (Å²) in [7, 11) is 0.